The fourth-order valence-corrected chi connectivity index (χ4v) is 4.35. The largest absolute Gasteiger partial charge is 0.329 e. The molecule has 0 saturated heterocycles. The third kappa shape index (κ3) is 4.23. The second-order valence-corrected chi connectivity index (χ2v) is 8.49. The summed E-state index contributed by atoms with van der Waals surface area (Å²) in [5.74, 6) is 0.324. The van der Waals surface area contributed by atoms with E-state index in [2.05, 4.69) is 10.3 Å². The van der Waals surface area contributed by atoms with Crippen LogP contribution >= 0.6 is 23.2 Å². The predicted octanol–water partition coefficient (Wildman–Crippen LogP) is 5.65. The van der Waals surface area contributed by atoms with Crippen molar-refractivity contribution in [2.75, 3.05) is 10.2 Å². The molecule has 2 heterocycles. The predicted molar refractivity (Wildman–Crippen MR) is 129 cm³/mol. The number of anilines is 2. The van der Waals surface area contributed by atoms with Crippen molar-refractivity contribution < 1.29 is 9.59 Å². The first kappa shape index (κ1) is 21.2. The summed E-state index contributed by atoms with van der Waals surface area (Å²) in [5.41, 5.74) is 3.29. The van der Waals surface area contributed by atoms with E-state index in [9.17, 15) is 9.59 Å². The standard InChI is InChI=1S/C25H18Cl2N4O2/c26-18-7-10-20(21(27)13-18)24(32)29-19-8-5-16(6-9-19)25(33)31-15-23-28-11-12-30(23)14-17-3-1-2-4-22(17)31/h1-13H,14-15H2,(H,29,32). The van der Waals surface area contributed by atoms with Gasteiger partial charge in [0.25, 0.3) is 11.8 Å². The summed E-state index contributed by atoms with van der Waals surface area (Å²) in [7, 11) is 0. The molecule has 1 aromatic heterocycles. The van der Waals surface area contributed by atoms with Crippen molar-refractivity contribution in [3.8, 4) is 0 Å². The molecule has 0 bridgehead atoms. The van der Waals surface area contributed by atoms with Crippen molar-refractivity contribution in [1.82, 2.24) is 9.55 Å². The van der Waals surface area contributed by atoms with Crippen LogP contribution < -0.4 is 10.2 Å². The third-order valence-electron chi connectivity index (χ3n) is 5.53. The molecule has 2 amide bonds. The zero-order valence-corrected chi connectivity index (χ0v) is 18.8. The first-order valence-corrected chi connectivity index (χ1v) is 11.0. The van der Waals surface area contributed by atoms with E-state index in [-0.39, 0.29) is 16.8 Å². The third-order valence-corrected chi connectivity index (χ3v) is 6.08. The van der Waals surface area contributed by atoms with Gasteiger partial charge in [0.05, 0.1) is 23.7 Å². The number of nitrogens with one attached hydrogen (secondary N) is 1. The highest BCUT2D eigenvalue weighted by atomic mass is 35.5. The van der Waals surface area contributed by atoms with Crippen LogP contribution in [0.25, 0.3) is 0 Å². The number of imidazole rings is 1. The lowest BCUT2D eigenvalue weighted by atomic mass is 10.1. The van der Waals surface area contributed by atoms with Crippen LogP contribution in [0.15, 0.2) is 79.1 Å². The number of para-hydroxylation sites is 1. The van der Waals surface area contributed by atoms with E-state index in [1.165, 1.54) is 6.07 Å². The van der Waals surface area contributed by atoms with Crippen LogP contribution in [0.3, 0.4) is 0 Å². The number of fused-ring (bicyclic) bond motifs is 2. The van der Waals surface area contributed by atoms with Crippen LogP contribution in [0.2, 0.25) is 10.0 Å². The van der Waals surface area contributed by atoms with Gasteiger partial charge in [-0.05, 0) is 54.1 Å². The molecule has 0 spiro atoms. The fraction of sp³-hybridized carbons (Fsp3) is 0.0800. The van der Waals surface area contributed by atoms with E-state index in [4.69, 9.17) is 23.2 Å². The zero-order valence-electron chi connectivity index (χ0n) is 17.3. The molecule has 1 N–H and O–H groups in total. The Morgan fingerprint density at radius 2 is 1.73 bits per heavy atom. The van der Waals surface area contributed by atoms with Crippen molar-refractivity contribution >= 4 is 46.4 Å². The highest BCUT2D eigenvalue weighted by molar-refractivity contribution is 6.37. The zero-order chi connectivity index (χ0) is 22.9. The first-order chi connectivity index (χ1) is 16.0. The van der Waals surface area contributed by atoms with Gasteiger partial charge in [-0.2, -0.15) is 0 Å². The molecule has 8 heteroatoms. The van der Waals surface area contributed by atoms with Gasteiger partial charge in [0.1, 0.15) is 5.82 Å². The fourth-order valence-electron chi connectivity index (χ4n) is 3.86. The maximum absolute atomic E-state index is 13.5. The number of carbonyl (C=O) groups is 2. The molecule has 4 aromatic rings. The first-order valence-electron chi connectivity index (χ1n) is 10.3. The van der Waals surface area contributed by atoms with Gasteiger partial charge in [0.15, 0.2) is 0 Å². The summed E-state index contributed by atoms with van der Waals surface area (Å²) in [6.45, 7) is 1.03. The molecule has 33 heavy (non-hydrogen) atoms. The Morgan fingerprint density at radius 1 is 0.939 bits per heavy atom. The summed E-state index contributed by atoms with van der Waals surface area (Å²) in [6.07, 6.45) is 3.67. The topological polar surface area (TPSA) is 67.2 Å². The monoisotopic (exact) mass is 476 g/mol. The Balaban J connectivity index is 1.38. The minimum Gasteiger partial charge on any atom is -0.329 e. The molecule has 0 atom stereocenters. The summed E-state index contributed by atoms with van der Waals surface area (Å²) in [4.78, 5) is 32.2. The van der Waals surface area contributed by atoms with Gasteiger partial charge in [0.2, 0.25) is 0 Å². The van der Waals surface area contributed by atoms with Crippen LogP contribution in [0.5, 0.6) is 0 Å². The van der Waals surface area contributed by atoms with Gasteiger partial charge in [-0.1, -0.05) is 41.4 Å². The highest BCUT2D eigenvalue weighted by Gasteiger charge is 2.25. The number of benzene rings is 3. The van der Waals surface area contributed by atoms with Crippen molar-refractivity contribution in [2.45, 2.75) is 13.1 Å². The van der Waals surface area contributed by atoms with Crippen molar-refractivity contribution in [3.63, 3.8) is 0 Å². The SMILES string of the molecule is O=C(Nc1ccc(C(=O)N2Cc3nccn3Cc3ccccc32)cc1)c1ccc(Cl)cc1Cl. The van der Waals surface area contributed by atoms with Gasteiger partial charge in [0, 0.05) is 34.4 Å². The van der Waals surface area contributed by atoms with Crippen LogP contribution in [-0.2, 0) is 13.1 Å². The van der Waals surface area contributed by atoms with E-state index in [0.29, 0.717) is 34.9 Å². The van der Waals surface area contributed by atoms with Gasteiger partial charge in [-0.25, -0.2) is 4.98 Å². The minimum absolute atomic E-state index is 0.141. The molecule has 0 fully saturated rings. The molecule has 5 rings (SSSR count). The lowest BCUT2D eigenvalue weighted by Gasteiger charge is -2.22. The van der Waals surface area contributed by atoms with E-state index >= 15 is 0 Å². The number of rotatable bonds is 3. The van der Waals surface area contributed by atoms with Crippen LogP contribution in [0, 0.1) is 0 Å². The summed E-state index contributed by atoms with van der Waals surface area (Å²) < 4.78 is 2.05. The number of halogens is 2. The van der Waals surface area contributed by atoms with E-state index in [1.807, 2.05) is 35.0 Å². The molecule has 164 valence electrons. The number of hydrogen-bond acceptors (Lipinski definition) is 3. The maximum Gasteiger partial charge on any atom is 0.258 e. The van der Waals surface area contributed by atoms with Crippen LogP contribution in [0.1, 0.15) is 32.1 Å². The van der Waals surface area contributed by atoms with Gasteiger partial charge >= 0.3 is 0 Å². The number of amides is 2. The quantitative estimate of drug-likeness (QED) is 0.415. The van der Waals surface area contributed by atoms with E-state index in [0.717, 1.165) is 17.1 Å². The molecule has 0 radical (unpaired) electrons. The number of aromatic nitrogens is 2. The normalized spacial score (nSPS) is 12.5. The summed E-state index contributed by atoms with van der Waals surface area (Å²) >= 11 is 12.0. The lowest BCUT2D eigenvalue weighted by Crippen LogP contribution is -2.30. The molecule has 6 nitrogen and oxygen atoms in total. The van der Waals surface area contributed by atoms with Crippen LogP contribution in [-0.4, -0.2) is 21.4 Å². The Morgan fingerprint density at radius 3 is 2.52 bits per heavy atom. The van der Waals surface area contributed by atoms with Crippen LogP contribution in [0.4, 0.5) is 11.4 Å². The second-order valence-electron chi connectivity index (χ2n) is 7.65. The van der Waals surface area contributed by atoms with Gasteiger partial charge in [-0.15, -0.1) is 0 Å². The molecule has 0 saturated carbocycles. The van der Waals surface area contributed by atoms with Gasteiger partial charge < -0.3 is 14.8 Å². The molecular weight excluding hydrogens is 459 g/mol. The van der Waals surface area contributed by atoms with Crippen molar-refractivity contribution in [1.29, 1.82) is 0 Å². The average Bonchev–Trinajstić information content (AvgIpc) is 3.18. The smallest absolute Gasteiger partial charge is 0.258 e. The van der Waals surface area contributed by atoms with E-state index in [1.54, 1.807) is 47.5 Å². The number of nitrogens with zero attached hydrogens (tertiary/aromatic N) is 3. The molecule has 1 aliphatic rings. The Labute approximate surface area is 200 Å². The summed E-state index contributed by atoms with van der Waals surface area (Å²) in [6, 6.07) is 19.3. The molecular formula is C25H18Cl2N4O2. The summed E-state index contributed by atoms with van der Waals surface area (Å²) in [5, 5.41) is 3.52. The number of hydrogen-bond donors (Lipinski definition) is 1. The second kappa shape index (κ2) is 8.73. The Kier molecular flexibility index (Phi) is 5.62. The van der Waals surface area contributed by atoms with E-state index < -0.39 is 0 Å². The lowest BCUT2D eigenvalue weighted by molar-refractivity contribution is 0.0983. The van der Waals surface area contributed by atoms with Crippen molar-refractivity contribution in [2.24, 2.45) is 0 Å². The average molecular weight is 477 g/mol. The Bertz CT molecular complexity index is 1370. The van der Waals surface area contributed by atoms with Gasteiger partial charge in [-0.3, -0.25) is 9.59 Å². The number of carbonyl (C=O) groups excluding carboxylic acids is 2. The molecule has 3 aromatic carbocycles. The maximum atomic E-state index is 13.5. The Hall–Kier alpha value is -3.61. The molecule has 0 aliphatic carbocycles. The highest BCUT2D eigenvalue weighted by Crippen LogP contribution is 2.29. The van der Waals surface area contributed by atoms with Crippen molar-refractivity contribution in [3.05, 3.63) is 112 Å². The molecule has 0 unspecified atom stereocenters. The molecule has 1 aliphatic heterocycles. The minimum atomic E-state index is -0.357.